The molecule has 0 unspecified atom stereocenters. The molecular formula is C26H24ClN5O6S2. The number of sulfonamides is 1. The fraction of sp³-hybridized carbons (Fsp3) is 0.154. The summed E-state index contributed by atoms with van der Waals surface area (Å²) in [7, 11) is -1.12. The van der Waals surface area contributed by atoms with E-state index in [-0.39, 0.29) is 20.7 Å². The molecule has 0 radical (unpaired) electrons. The lowest BCUT2D eigenvalue weighted by molar-refractivity contribution is 0.0954. The van der Waals surface area contributed by atoms with Gasteiger partial charge in [-0.2, -0.15) is 8.42 Å². The largest absolute Gasteiger partial charge is 0.493 e. The number of amides is 2. The second kappa shape index (κ2) is 12.8. The Hall–Kier alpha value is -4.20. The minimum atomic E-state index is -4.21. The molecule has 0 atom stereocenters. The molecule has 1 heterocycles. The maximum absolute atomic E-state index is 13.0. The van der Waals surface area contributed by atoms with Gasteiger partial charge in [-0.05, 0) is 60.5 Å². The van der Waals surface area contributed by atoms with Crippen molar-refractivity contribution >= 4 is 55.6 Å². The lowest BCUT2D eigenvalue weighted by Gasteiger charge is -2.12. The Morgan fingerprint density at radius 2 is 1.65 bits per heavy atom. The molecule has 0 spiro atoms. The first kappa shape index (κ1) is 28.8. The summed E-state index contributed by atoms with van der Waals surface area (Å²) in [5, 5.41) is 13.2. The molecule has 0 bridgehead atoms. The van der Waals surface area contributed by atoms with Gasteiger partial charge in [0.15, 0.2) is 11.5 Å². The molecule has 0 aliphatic rings. The highest BCUT2D eigenvalue weighted by Gasteiger charge is 2.23. The molecule has 0 fully saturated rings. The first-order chi connectivity index (χ1) is 19.2. The number of hydrogen-bond acceptors (Lipinski definition) is 9. The maximum atomic E-state index is 13.0. The summed E-state index contributed by atoms with van der Waals surface area (Å²) in [6, 6.07) is 17.8. The number of para-hydroxylation sites is 1. The molecule has 0 aliphatic heterocycles. The van der Waals surface area contributed by atoms with Crippen LogP contribution in [0.3, 0.4) is 0 Å². The summed E-state index contributed by atoms with van der Waals surface area (Å²) in [6.07, 6.45) is 0.509. The van der Waals surface area contributed by atoms with Crippen LogP contribution in [0.4, 0.5) is 10.8 Å². The Bertz CT molecular complexity index is 1630. The highest BCUT2D eigenvalue weighted by atomic mass is 35.5. The molecule has 14 heteroatoms. The number of nitrogens with zero attached hydrogens (tertiary/aromatic N) is 2. The van der Waals surface area contributed by atoms with Crippen molar-refractivity contribution in [2.24, 2.45) is 0 Å². The van der Waals surface area contributed by atoms with Gasteiger partial charge in [0, 0.05) is 17.1 Å². The molecule has 2 amide bonds. The number of benzene rings is 3. The monoisotopic (exact) mass is 601 g/mol. The lowest BCUT2D eigenvalue weighted by Crippen LogP contribution is -2.27. The predicted molar refractivity (Wildman–Crippen MR) is 152 cm³/mol. The van der Waals surface area contributed by atoms with Crippen molar-refractivity contribution < 1.29 is 27.5 Å². The van der Waals surface area contributed by atoms with Gasteiger partial charge in [0.25, 0.3) is 26.2 Å². The third kappa shape index (κ3) is 7.05. The first-order valence-corrected chi connectivity index (χ1v) is 14.4. The van der Waals surface area contributed by atoms with Crippen LogP contribution in [0.2, 0.25) is 5.02 Å². The van der Waals surface area contributed by atoms with Crippen molar-refractivity contribution in [1.82, 2.24) is 15.5 Å². The van der Waals surface area contributed by atoms with E-state index < -0.39 is 21.8 Å². The predicted octanol–water partition coefficient (Wildman–Crippen LogP) is 4.23. The van der Waals surface area contributed by atoms with Crippen LogP contribution in [0.15, 0.2) is 71.1 Å². The molecule has 0 saturated heterocycles. The van der Waals surface area contributed by atoms with E-state index in [4.69, 9.17) is 21.1 Å². The van der Waals surface area contributed by atoms with Crippen LogP contribution in [0.25, 0.3) is 0 Å². The van der Waals surface area contributed by atoms with E-state index >= 15 is 0 Å². The second-order valence-corrected chi connectivity index (χ2v) is 11.5. The minimum absolute atomic E-state index is 0.0125. The standard InChI is InChI=1S/C26H24ClN5O6S2/c1-37-21-12-7-16(15-22(21)38-2)13-14-28-24(34)19-5-3-4-6-20(19)32-40(35,36)26-31-30-25(39-26)29-23(33)17-8-10-18(27)11-9-17/h3-12,15,32H,13-14H2,1-2H3,(H,28,34)(H,29,30,33). The van der Waals surface area contributed by atoms with Gasteiger partial charge in [0.1, 0.15) is 0 Å². The molecule has 4 rings (SSSR count). The molecule has 208 valence electrons. The summed E-state index contributed by atoms with van der Waals surface area (Å²) in [5.41, 5.74) is 1.42. The molecule has 40 heavy (non-hydrogen) atoms. The molecule has 1 aromatic heterocycles. The smallest absolute Gasteiger partial charge is 0.291 e. The third-order valence-corrected chi connectivity index (χ3v) is 8.35. The number of hydrogen-bond donors (Lipinski definition) is 3. The van der Waals surface area contributed by atoms with E-state index in [2.05, 4.69) is 25.6 Å². The Balaban J connectivity index is 1.40. The zero-order valence-corrected chi connectivity index (χ0v) is 23.7. The molecule has 4 aromatic rings. The van der Waals surface area contributed by atoms with Crippen molar-refractivity contribution in [1.29, 1.82) is 0 Å². The molecule has 0 saturated carbocycles. The van der Waals surface area contributed by atoms with Gasteiger partial charge in [0.2, 0.25) is 5.13 Å². The Kier molecular flexibility index (Phi) is 9.19. The highest BCUT2D eigenvalue weighted by Crippen LogP contribution is 2.28. The Morgan fingerprint density at radius 1 is 0.925 bits per heavy atom. The third-order valence-electron chi connectivity index (χ3n) is 5.53. The number of carbonyl (C=O) groups excluding carboxylic acids is 2. The SMILES string of the molecule is COc1ccc(CCNC(=O)c2ccccc2NS(=O)(=O)c2nnc(NC(=O)c3ccc(Cl)cc3)s2)cc1OC. The van der Waals surface area contributed by atoms with E-state index in [0.29, 0.717) is 46.4 Å². The Labute approximate surface area is 239 Å². The first-order valence-electron chi connectivity index (χ1n) is 11.7. The van der Waals surface area contributed by atoms with Crippen LogP contribution < -0.4 is 24.8 Å². The molecule has 0 aliphatic carbocycles. The zero-order chi connectivity index (χ0) is 28.7. The molecule has 3 N–H and O–H groups in total. The van der Waals surface area contributed by atoms with Gasteiger partial charge in [-0.15, -0.1) is 10.2 Å². The average molecular weight is 602 g/mol. The fourth-order valence-corrected chi connectivity index (χ4v) is 5.65. The quantitative estimate of drug-likeness (QED) is 0.216. The van der Waals surface area contributed by atoms with Gasteiger partial charge in [0.05, 0.1) is 25.5 Å². The number of methoxy groups -OCH3 is 2. The van der Waals surface area contributed by atoms with Crippen LogP contribution >= 0.6 is 22.9 Å². The Morgan fingerprint density at radius 3 is 2.38 bits per heavy atom. The van der Waals surface area contributed by atoms with E-state index in [1.807, 2.05) is 12.1 Å². The summed E-state index contributed by atoms with van der Waals surface area (Å²) in [5.74, 6) is 0.213. The van der Waals surface area contributed by atoms with Gasteiger partial charge in [-0.3, -0.25) is 19.6 Å². The number of anilines is 2. The zero-order valence-electron chi connectivity index (χ0n) is 21.3. The summed E-state index contributed by atoms with van der Waals surface area (Å²) in [4.78, 5) is 25.3. The van der Waals surface area contributed by atoms with E-state index in [9.17, 15) is 18.0 Å². The second-order valence-electron chi connectivity index (χ2n) is 8.18. The van der Waals surface area contributed by atoms with E-state index in [0.717, 1.165) is 5.56 Å². The number of carbonyl (C=O) groups is 2. The molecular weight excluding hydrogens is 578 g/mol. The number of ether oxygens (including phenoxy) is 2. The fourth-order valence-electron chi connectivity index (χ4n) is 3.55. The summed E-state index contributed by atoms with van der Waals surface area (Å²) < 4.78 is 38.6. The van der Waals surface area contributed by atoms with Gasteiger partial charge < -0.3 is 14.8 Å². The van der Waals surface area contributed by atoms with Crippen LogP contribution in [-0.2, 0) is 16.4 Å². The summed E-state index contributed by atoms with van der Waals surface area (Å²) in [6.45, 7) is 0.294. The lowest BCUT2D eigenvalue weighted by atomic mass is 10.1. The summed E-state index contributed by atoms with van der Waals surface area (Å²) >= 11 is 6.50. The number of nitrogens with one attached hydrogen (secondary N) is 3. The van der Waals surface area contributed by atoms with Crippen molar-refractivity contribution in [2.45, 2.75) is 10.8 Å². The van der Waals surface area contributed by atoms with Crippen LogP contribution in [0, 0.1) is 0 Å². The van der Waals surface area contributed by atoms with Gasteiger partial charge >= 0.3 is 0 Å². The van der Waals surface area contributed by atoms with Gasteiger partial charge in [-0.25, -0.2) is 0 Å². The van der Waals surface area contributed by atoms with Crippen molar-refractivity contribution in [3.05, 3.63) is 88.4 Å². The number of aromatic nitrogens is 2. The van der Waals surface area contributed by atoms with E-state index in [1.165, 1.54) is 24.3 Å². The van der Waals surface area contributed by atoms with E-state index in [1.54, 1.807) is 44.6 Å². The van der Waals surface area contributed by atoms with Crippen molar-refractivity contribution in [3.63, 3.8) is 0 Å². The highest BCUT2D eigenvalue weighted by molar-refractivity contribution is 7.94. The maximum Gasteiger partial charge on any atom is 0.291 e. The normalized spacial score (nSPS) is 11.0. The van der Waals surface area contributed by atoms with Crippen molar-refractivity contribution in [3.8, 4) is 11.5 Å². The van der Waals surface area contributed by atoms with Crippen molar-refractivity contribution in [2.75, 3.05) is 30.8 Å². The minimum Gasteiger partial charge on any atom is -0.493 e. The van der Waals surface area contributed by atoms with Gasteiger partial charge in [-0.1, -0.05) is 41.1 Å². The number of rotatable bonds is 11. The van der Waals surface area contributed by atoms with Crippen LogP contribution in [-0.4, -0.2) is 51.2 Å². The topological polar surface area (TPSA) is 149 Å². The average Bonchev–Trinajstić information content (AvgIpc) is 3.43. The molecule has 11 nitrogen and oxygen atoms in total. The van der Waals surface area contributed by atoms with Crippen LogP contribution in [0.1, 0.15) is 26.3 Å². The number of halogens is 1. The molecule has 3 aromatic carbocycles. The van der Waals surface area contributed by atoms with Crippen LogP contribution in [0.5, 0.6) is 11.5 Å².